The standard InChI is InChI=1S/C10H9ClN2O/c11-10-3-8(2-1-7(10)4-12)14-9-5-13-6-9/h1-3,9,13H,5-6H2. The maximum atomic E-state index is 8.66. The van der Waals surface area contributed by atoms with E-state index in [4.69, 9.17) is 21.6 Å². The van der Waals surface area contributed by atoms with Crippen LogP contribution < -0.4 is 10.1 Å². The van der Waals surface area contributed by atoms with E-state index in [1.54, 1.807) is 18.2 Å². The van der Waals surface area contributed by atoms with Crippen molar-refractivity contribution >= 4 is 11.6 Å². The number of rotatable bonds is 2. The van der Waals surface area contributed by atoms with E-state index in [2.05, 4.69) is 5.32 Å². The van der Waals surface area contributed by atoms with Crippen LogP contribution in [0.25, 0.3) is 0 Å². The Bertz CT molecular complexity index is 382. The highest BCUT2D eigenvalue weighted by molar-refractivity contribution is 6.31. The lowest BCUT2D eigenvalue weighted by Gasteiger charge is -2.27. The molecule has 0 radical (unpaired) electrons. The number of nitrogens with zero attached hydrogens (tertiary/aromatic N) is 1. The molecule has 1 aromatic rings. The molecule has 0 amide bonds. The predicted molar refractivity (Wildman–Crippen MR) is 53.5 cm³/mol. The van der Waals surface area contributed by atoms with Crippen LogP contribution in [0.5, 0.6) is 5.75 Å². The number of ether oxygens (including phenoxy) is 1. The fourth-order valence-corrected chi connectivity index (χ4v) is 1.41. The van der Waals surface area contributed by atoms with Gasteiger partial charge >= 0.3 is 0 Å². The molecule has 1 aromatic carbocycles. The van der Waals surface area contributed by atoms with Gasteiger partial charge in [0.25, 0.3) is 0 Å². The van der Waals surface area contributed by atoms with Crippen LogP contribution in [0.4, 0.5) is 0 Å². The van der Waals surface area contributed by atoms with Crippen LogP contribution in [-0.4, -0.2) is 19.2 Å². The maximum Gasteiger partial charge on any atom is 0.123 e. The summed E-state index contributed by atoms with van der Waals surface area (Å²) in [5.74, 6) is 0.723. The zero-order valence-electron chi connectivity index (χ0n) is 7.46. The molecule has 1 saturated heterocycles. The Balaban J connectivity index is 2.12. The van der Waals surface area contributed by atoms with Gasteiger partial charge in [0.1, 0.15) is 17.9 Å². The first-order valence-corrected chi connectivity index (χ1v) is 4.74. The van der Waals surface area contributed by atoms with Gasteiger partial charge in [0, 0.05) is 19.2 Å². The highest BCUT2D eigenvalue weighted by atomic mass is 35.5. The third-order valence-electron chi connectivity index (χ3n) is 2.11. The smallest absolute Gasteiger partial charge is 0.123 e. The molecule has 0 aliphatic carbocycles. The van der Waals surface area contributed by atoms with Crippen LogP contribution in [0.1, 0.15) is 5.56 Å². The minimum absolute atomic E-state index is 0.235. The van der Waals surface area contributed by atoms with Gasteiger partial charge in [-0.2, -0.15) is 5.26 Å². The molecule has 1 N–H and O–H groups in total. The quantitative estimate of drug-likeness (QED) is 0.803. The number of hydrogen-bond donors (Lipinski definition) is 1. The highest BCUT2D eigenvalue weighted by Gasteiger charge is 2.18. The second kappa shape index (κ2) is 3.87. The first-order valence-electron chi connectivity index (χ1n) is 4.36. The van der Waals surface area contributed by atoms with Gasteiger partial charge in [0.05, 0.1) is 10.6 Å². The summed E-state index contributed by atoms with van der Waals surface area (Å²) in [4.78, 5) is 0. The molecule has 1 fully saturated rings. The van der Waals surface area contributed by atoms with Crippen LogP contribution in [0.2, 0.25) is 5.02 Å². The lowest BCUT2D eigenvalue weighted by molar-refractivity contribution is 0.142. The molecule has 1 aliphatic heterocycles. The molecule has 72 valence electrons. The second-order valence-electron chi connectivity index (χ2n) is 3.15. The summed E-state index contributed by atoms with van der Waals surface area (Å²) in [6.07, 6.45) is 0.235. The SMILES string of the molecule is N#Cc1ccc(OC2CNC2)cc1Cl. The van der Waals surface area contributed by atoms with Crippen LogP contribution in [0, 0.1) is 11.3 Å². The molecule has 1 aliphatic rings. The number of halogens is 1. The molecule has 0 spiro atoms. The Hall–Kier alpha value is -1.24. The Labute approximate surface area is 87.2 Å². The zero-order chi connectivity index (χ0) is 9.97. The van der Waals surface area contributed by atoms with Gasteiger partial charge in [0.2, 0.25) is 0 Å². The van der Waals surface area contributed by atoms with Gasteiger partial charge < -0.3 is 10.1 Å². The topological polar surface area (TPSA) is 45.0 Å². The first-order chi connectivity index (χ1) is 6.79. The fraction of sp³-hybridized carbons (Fsp3) is 0.300. The van der Waals surface area contributed by atoms with E-state index >= 15 is 0 Å². The van der Waals surface area contributed by atoms with Gasteiger partial charge in [-0.3, -0.25) is 0 Å². The van der Waals surface area contributed by atoms with Crippen molar-refractivity contribution in [2.75, 3.05) is 13.1 Å². The van der Waals surface area contributed by atoms with E-state index in [1.165, 1.54) is 0 Å². The van der Waals surface area contributed by atoms with Crippen molar-refractivity contribution in [3.05, 3.63) is 28.8 Å². The fourth-order valence-electron chi connectivity index (χ4n) is 1.20. The molecule has 0 saturated carbocycles. The minimum atomic E-state index is 0.235. The molecule has 0 bridgehead atoms. The molecule has 4 heteroatoms. The Morgan fingerprint density at radius 3 is 2.79 bits per heavy atom. The van der Waals surface area contributed by atoms with Crippen molar-refractivity contribution in [2.24, 2.45) is 0 Å². The number of hydrogen-bond acceptors (Lipinski definition) is 3. The summed E-state index contributed by atoms with van der Waals surface area (Å²) >= 11 is 5.86. The zero-order valence-corrected chi connectivity index (χ0v) is 8.21. The van der Waals surface area contributed by atoms with Crippen molar-refractivity contribution in [3.63, 3.8) is 0 Å². The van der Waals surface area contributed by atoms with Crippen LogP contribution in [-0.2, 0) is 0 Å². The van der Waals surface area contributed by atoms with Crippen LogP contribution >= 0.6 is 11.6 Å². The molecule has 0 aromatic heterocycles. The summed E-state index contributed by atoms with van der Waals surface area (Å²) in [6.45, 7) is 1.75. The van der Waals surface area contributed by atoms with E-state index in [9.17, 15) is 0 Å². The lowest BCUT2D eigenvalue weighted by atomic mass is 10.2. The molecule has 0 unspecified atom stereocenters. The number of nitriles is 1. The van der Waals surface area contributed by atoms with Crippen LogP contribution in [0.3, 0.4) is 0 Å². The normalized spacial score (nSPS) is 15.7. The summed E-state index contributed by atoms with van der Waals surface area (Å²) < 4.78 is 5.57. The second-order valence-corrected chi connectivity index (χ2v) is 3.56. The minimum Gasteiger partial charge on any atom is -0.488 e. The predicted octanol–water partition coefficient (Wildman–Crippen LogP) is 1.56. The average molecular weight is 209 g/mol. The first kappa shape index (κ1) is 9.32. The van der Waals surface area contributed by atoms with E-state index in [0.29, 0.717) is 10.6 Å². The van der Waals surface area contributed by atoms with E-state index in [1.807, 2.05) is 6.07 Å². The monoisotopic (exact) mass is 208 g/mol. The molecule has 14 heavy (non-hydrogen) atoms. The Kier molecular flexibility index (Phi) is 2.58. The number of benzene rings is 1. The molecular weight excluding hydrogens is 200 g/mol. The molecule has 1 heterocycles. The molecular formula is C10H9ClN2O. The summed E-state index contributed by atoms with van der Waals surface area (Å²) in [5, 5.41) is 12.2. The van der Waals surface area contributed by atoms with E-state index in [0.717, 1.165) is 18.8 Å². The maximum absolute atomic E-state index is 8.66. The molecule has 0 atom stereocenters. The molecule has 3 nitrogen and oxygen atoms in total. The van der Waals surface area contributed by atoms with Gasteiger partial charge in [-0.25, -0.2) is 0 Å². The summed E-state index contributed by atoms with van der Waals surface area (Å²) in [5.41, 5.74) is 0.478. The van der Waals surface area contributed by atoms with Gasteiger partial charge in [-0.1, -0.05) is 11.6 Å². The highest BCUT2D eigenvalue weighted by Crippen LogP contribution is 2.23. The number of nitrogens with one attached hydrogen (secondary N) is 1. The Morgan fingerprint density at radius 1 is 1.50 bits per heavy atom. The van der Waals surface area contributed by atoms with Gasteiger partial charge in [0.15, 0.2) is 0 Å². The van der Waals surface area contributed by atoms with Crippen LogP contribution in [0.15, 0.2) is 18.2 Å². The third kappa shape index (κ3) is 1.82. The largest absolute Gasteiger partial charge is 0.488 e. The Morgan fingerprint density at radius 2 is 2.29 bits per heavy atom. The van der Waals surface area contributed by atoms with Gasteiger partial charge in [-0.15, -0.1) is 0 Å². The van der Waals surface area contributed by atoms with Crippen molar-refractivity contribution in [1.82, 2.24) is 5.32 Å². The van der Waals surface area contributed by atoms with Gasteiger partial charge in [-0.05, 0) is 12.1 Å². The summed E-state index contributed by atoms with van der Waals surface area (Å²) in [6, 6.07) is 7.12. The molecule has 2 rings (SSSR count). The van der Waals surface area contributed by atoms with E-state index < -0.39 is 0 Å². The van der Waals surface area contributed by atoms with E-state index in [-0.39, 0.29) is 6.10 Å². The van der Waals surface area contributed by atoms with Crippen molar-refractivity contribution < 1.29 is 4.74 Å². The summed E-state index contributed by atoms with van der Waals surface area (Å²) in [7, 11) is 0. The van der Waals surface area contributed by atoms with Crippen molar-refractivity contribution in [2.45, 2.75) is 6.10 Å². The lowest BCUT2D eigenvalue weighted by Crippen LogP contribution is -2.50. The third-order valence-corrected chi connectivity index (χ3v) is 2.42. The van der Waals surface area contributed by atoms with Crippen molar-refractivity contribution in [1.29, 1.82) is 5.26 Å². The van der Waals surface area contributed by atoms with Crippen molar-refractivity contribution in [3.8, 4) is 11.8 Å². The average Bonchev–Trinajstić information content (AvgIpc) is 2.12.